The molecule has 1 aromatic carbocycles. The van der Waals surface area contributed by atoms with Crippen molar-refractivity contribution in [2.75, 3.05) is 0 Å². The number of alkyl halides is 3. The van der Waals surface area contributed by atoms with E-state index in [0.29, 0.717) is 6.42 Å². The Kier molecular flexibility index (Phi) is 7.04. The Balaban J connectivity index is 0.00000289. The van der Waals surface area contributed by atoms with Crippen LogP contribution in [0.1, 0.15) is 43.4 Å². The van der Waals surface area contributed by atoms with Crippen LogP contribution in [0.15, 0.2) is 18.2 Å². The molecule has 6 heteroatoms. The summed E-state index contributed by atoms with van der Waals surface area (Å²) in [5.74, 6) is 0. The highest BCUT2D eigenvalue weighted by atomic mass is 35.5. The highest BCUT2D eigenvalue weighted by Crippen LogP contribution is 2.36. The zero-order valence-electron chi connectivity index (χ0n) is 9.93. The van der Waals surface area contributed by atoms with E-state index < -0.39 is 17.8 Å². The van der Waals surface area contributed by atoms with Gasteiger partial charge in [-0.15, -0.1) is 12.4 Å². The standard InChI is InChI=1S/C12H15ClF3N.ClH/c1-2-3-4-11(17)9-6-5-8(13)7-10(9)12(14,15)16;/h5-7,11H,2-4,17H2,1H3;1H/t11-;/m1./s1. The van der Waals surface area contributed by atoms with Crippen molar-refractivity contribution in [3.05, 3.63) is 34.3 Å². The average molecular weight is 302 g/mol. The van der Waals surface area contributed by atoms with Crippen LogP contribution in [0.3, 0.4) is 0 Å². The van der Waals surface area contributed by atoms with Crippen molar-refractivity contribution in [3.8, 4) is 0 Å². The van der Waals surface area contributed by atoms with Crippen molar-refractivity contribution in [1.29, 1.82) is 0 Å². The van der Waals surface area contributed by atoms with E-state index in [1.807, 2.05) is 6.92 Å². The molecule has 2 N–H and O–H groups in total. The van der Waals surface area contributed by atoms with Gasteiger partial charge in [-0.1, -0.05) is 37.4 Å². The molecule has 0 unspecified atom stereocenters. The molecule has 0 bridgehead atoms. The molecule has 0 radical (unpaired) electrons. The van der Waals surface area contributed by atoms with E-state index in [9.17, 15) is 13.2 Å². The molecule has 0 aliphatic rings. The first-order valence-electron chi connectivity index (χ1n) is 5.48. The average Bonchev–Trinajstić information content (AvgIpc) is 2.24. The summed E-state index contributed by atoms with van der Waals surface area (Å²) in [6.45, 7) is 1.97. The zero-order chi connectivity index (χ0) is 13.1. The second-order valence-electron chi connectivity index (χ2n) is 3.98. The van der Waals surface area contributed by atoms with Gasteiger partial charge in [-0.05, 0) is 24.1 Å². The first kappa shape index (κ1) is 17.6. The predicted molar refractivity (Wildman–Crippen MR) is 70.2 cm³/mol. The van der Waals surface area contributed by atoms with Gasteiger partial charge in [-0.3, -0.25) is 0 Å². The molecule has 0 aliphatic carbocycles. The van der Waals surface area contributed by atoms with Crippen LogP contribution in [0.4, 0.5) is 13.2 Å². The van der Waals surface area contributed by atoms with E-state index in [-0.39, 0.29) is 23.0 Å². The van der Waals surface area contributed by atoms with Crippen LogP contribution >= 0.6 is 24.0 Å². The second-order valence-corrected chi connectivity index (χ2v) is 4.41. The molecular weight excluding hydrogens is 286 g/mol. The SMILES string of the molecule is CCCC[C@@H](N)c1ccc(Cl)cc1C(F)(F)F.Cl. The van der Waals surface area contributed by atoms with E-state index in [4.69, 9.17) is 17.3 Å². The number of hydrogen-bond donors (Lipinski definition) is 1. The molecule has 0 saturated carbocycles. The second kappa shape index (κ2) is 7.22. The van der Waals surface area contributed by atoms with Crippen molar-refractivity contribution in [1.82, 2.24) is 0 Å². The lowest BCUT2D eigenvalue weighted by atomic mass is 9.96. The fourth-order valence-corrected chi connectivity index (χ4v) is 1.85. The number of unbranched alkanes of at least 4 members (excludes halogenated alkanes) is 1. The molecule has 0 aliphatic heterocycles. The third-order valence-electron chi connectivity index (χ3n) is 2.59. The Morgan fingerprint density at radius 1 is 1.33 bits per heavy atom. The Hall–Kier alpha value is -0.450. The smallest absolute Gasteiger partial charge is 0.324 e. The molecule has 1 aromatic rings. The summed E-state index contributed by atoms with van der Waals surface area (Å²) in [5.41, 5.74) is 5.18. The summed E-state index contributed by atoms with van der Waals surface area (Å²) in [6.07, 6.45) is -2.16. The predicted octanol–water partition coefficient (Wildman–Crippen LogP) is 4.97. The lowest BCUT2D eigenvalue weighted by molar-refractivity contribution is -0.138. The van der Waals surface area contributed by atoms with Crippen LogP contribution in [0.2, 0.25) is 5.02 Å². The molecule has 0 fully saturated rings. The van der Waals surface area contributed by atoms with Gasteiger partial charge >= 0.3 is 6.18 Å². The normalized spacial score (nSPS) is 13.0. The topological polar surface area (TPSA) is 26.0 Å². The first-order valence-corrected chi connectivity index (χ1v) is 5.86. The Morgan fingerprint density at radius 3 is 2.44 bits per heavy atom. The summed E-state index contributed by atoms with van der Waals surface area (Å²) < 4.78 is 38.4. The third-order valence-corrected chi connectivity index (χ3v) is 2.82. The minimum absolute atomic E-state index is 0. The van der Waals surface area contributed by atoms with Gasteiger partial charge in [0.2, 0.25) is 0 Å². The van der Waals surface area contributed by atoms with E-state index in [2.05, 4.69) is 0 Å². The fraction of sp³-hybridized carbons (Fsp3) is 0.500. The van der Waals surface area contributed by atoms with Crippen LogP contribution in [0.25, 0.3) is 0 Å². The van der Waals surface area contributed by atoms with Gasteiger partial charge in [0.15, 0.2) is 0 Å². The van der Waals surface area contributed by atoms with Crippen molar-refractivity contribution >= 4 is 24.0 Å². The third kappa shape index (κ3) is 4.67. The minimum Gasteiger partial charge on any atom is -0.324 e. The molecule has 104 valence electrons. The molecule has 1 rings (SSSR count). The largest absolute Gasteiger partial charge is 0.416 e. The number of benzene rings is 1. The number of halogens is 5. The van der Waals surface area contributed by atoms with E-state index in [1.165, 1.54) is 12.1 Å². The van der Waals surface area contributed by atoms with Gasteiger partial charge in [0.05, 0.1) is 5.56 Å². The lowest BCUT2D eigenvalue weighted by Crippen LogP contribution is -2.17. The summed E-state index contributed by atoms with van der Waals surface area (Å²) in [6, 6.07) is 3.15. The first-order chi connectivity index (χ1) is 7.86. The van der Waals surface area contributed by atoms with Crippen molar-refractivity contribution in [3.63, 3.8) is 0 Å². The summed E-state index contributed by atoms with van der Waals surface area (Å²) in [5, 5.41) is 0.0729. The van der Waals surface area contributed by atoms with Crippen molar-refractivity contribution < 1.29 is 13.2 Å². The van der Waals surface area contributed by atoms with E-state index in [1.54, 1.807) is 0 Å². The van der Waals surface area contributed by atoms with Gasteiger partial charge in [0, 0.05) is 11.1 Å². The molecule has 0 saturated heterocycles. The fourth-order valence-electron chi connectivity index (χ4n) is 1.68. The molecule has 0 spiro atoms. The van der Waals surface area contributed by atoms with Gasteiger partial charge < -0.3 is 5.73 Å². The molecule has 0 aromatic heterocycles. The minimum atomic E-state index is -4.41. The summed E-state index contributed by atoms with van der Waals surface area (Å²) in [7, 11) is 0. The van der Waals surface area contributed by atoms with E-state index in [0.717, 1.165) is 18.9 Å². The molecule has 0 amide bonds. The van der Waals surface area contributed by atoms with Crippen LogP contribution < -0.4 is 5.73 Å². The Labute approximate surface area is 116 Å². The van der Waals surface area contributed by atoms with Crippen LogP contribution in [-0.4, -0.2) is 0 Å². The maximum absolute atomic E-state index is 12.8. The molecule has 1 nitrogen and oxygen atoms in total. The van der Waals surface area contributed by atoms with Gasteiger partial charge in [0.1, 0.15) is 0 Å². The number of hydrogen-bond acceptors (Lipinski definition) is 1. The highest BCUT2D eigenvalue weighted by molar-refractivity contribution is 6.30. The summed E-state index contributed by atoms with van der Waals surface area (Å²) in [4.78, 5) is 0. The molecular formula is C12H16Cl2F3N. The Morgan fingerprint density at radius 2 is 1.94 bits per heavy atom. The molecule has 1 atom stereocenters. The monoisotopic (exact) mass is 301 g/mol. The maximum Gasteiger partial charge on any atom is 0.416 e. The zero-order valence-corrected chi connectivity index (χ0v) is 11.5. The van der Waals surface area contributed by atoms with Crippen LogP contribution in [0.5, 0.6) is 0 Å². The maximum atomic E-state index is 12.8. The van der Waals surface area contributed by atoms with E-state index >= 15 is 0 Å². The Bertz CT molecular complexity index is 380. The van der Waals surface area contributed by atoms with Gasteiger partial charge in [-0.25, -0.2) is 0 Å². The molecule has 0 heterocycles. The summed E-state index contributed by atoms with van der Waals surface area (Å²) >= 11 is 5.59. The number of rotatable bonds is 4. The van der Waals surface area contributed by atoms with Crippen LogP contribution in [0, 0.1) is 0 Å². The van der Waals surface area contributed by atoms with Crippen molar-refractivity contribution in [2.24, 2.45) is 5.73 Å². The lowest BCUT2D eigenvalue weighted by Gasteiger charge is -2.18. The highest BCUT2D eigenvalue weighted by Gasteiger charge is 2.34. The van der Waals surface area contributed by atoms with Crippen LogP contribution in [-0.2, 0) is 6.18 Å². The van der Waals surface area contributed by atoms with Gasteiger partial charge in [-0.2, -0.15) is 13.2 Å². The van der Waals surface area contributed by atoms with Crippen molar-refractivity contribution in [2.45, 2.75) is 38.4 Å². The van der Waals surface area contributed by atoms with Gasteiger partial charge in [0.25, 0.3) is 0 Å². The molecule has 18 heavy (non-hydrogen) atoms. The number of nitrogens with two attached hydrogens (primary N) is 1. The quantitative estimate of drug-likeness (QED) is 0.835.